The van der Waals surface area contributed by atoms with Crippen LogP contribution in [0.5, 0.6) is 0 Å². The zero-order chi connectivity index (χ0) is 12.6. The Hall–Kier alpha value is -1.25. The zero-order valence-electron chi connectivity index (χ0n) is 8.11. The second kappa shape index (κ2) is 3.96. The van der Waals surface area contributed by atoms with E-state index in [-0.39, 0.29) is 11.8 Å². The average Bonchev–Trinajstić information content (AvgIpc) is 2.16. The maximum atomic E-state index is 11.4. The van der Waals surface area contributed by atoms with Gasteiger partial charge in [0, 0.05) is 5.56 Å². The highest BCUT2D eigenvalue weighted by Crippen LogP contribution is 2.21. The number of aryl methyl sites for hydroxylation is 1. The molecule has 0 aliphatic heterocycles. The Balaban J connectivity index is 3.69. The molecular weight excluding hydrogens is 256 g/mol. The number of aldehydes is 1. The highest BCUT2D eigenvalue weighted by Gasteiger charge is 2.31. The van der Waals surface area contributed by atoms with Crippen LogP contribution in [0.4, 0.5) is 0 Å². The van der Waals surface area contributed by atoms with Gasteiger partial charge in [-0.05, 0) is 18.6 Å². The summed E-state index contributed by atoms with van der Waals surface area (Å²) < 4.78 is 52.7. The van der Waals surface area contributed by atoms with Crippen molar-refractivity contribution in [1.82, 2.24) is 0 Å². The molecule has 0 aliphatic rings. The van der Waals surface area contributed by atoms with Gasteiger partial charge in [-0.25, -0.2) is 8.42 Å². The van der Waals surface area contributed by atoms with E-state index in [1.807, 2.05) is 0 Å². The van der Waals surface area contributed by atoms with Crippen LogP contribution in [0.25, 0.3) is 0 Å². The second-order valence-electron chi connectivity index (χ2n) is 3.04. The van der Waals surface area contributed by atoms with Crippen LogP contribution >= 0.6 is 0 Å². The molecule has 0 saturated carbocycles. The molecule has 0 saturated heterocycles. The lowest BCUT2D eigenvalue weighted by Gasteiger charge is -2.04. The fraction of sp³-hybridized carbons (Fsp3) is 0.125. The minimum absolute atomic E-state index is 0.206. The van der Waals surface area contributed by atoms with Gasteiger partial charge < -0.3 is 0 Å². The van der Waals surface area contributed by atoms with Crippen molar-refractivity contribution in [2.24, 2.45) is 0 Å². The SMILES string of the molecule is Cc1ccc(C=O)c(S(=O)(=O)S(=O)(=O)O)c1. The number of hydrogen-bond donors (Lipinski definition) is 1. The molecule has 0 bridgehead atoms. The molecule has 1 rings (SSSR count). The van der Waals surface area contributed by atoms with Crippen LogP contribution in [0.1, 0.15) is 15.9 Å². The summed E-state index contributed by atoms with van der Waals surface area (Å²) in [5, 5.41) is 0. The fourth-order valence-electron chi connectivity index (χ4n) is 1.07. The summed E-state index contributed by atoms with van der Waals surface area (Å²) in [4.78, 5) is 9.85. The van der Waals surface area contributed by atoms with Gasteiger partial charge in [-0.2, -0.15) is 8.42 Å². The highest BCUT2D eigenvalue weighted by molar-refractivity contribution is 8.65. The van der Waals surface area contributed by atoms with Crippen molar-refractivity contribution in [3.8, 4) is 0 Å². The first-order valence-electron chi connectivity index (χ1n) is 3.98. The predicted molar refractivity (Wildman–Crippen MR) is 55.3 cm³/mol. The van der Waals surface area contributed by atoms with Crippen molar-refractivity contribution < 1.29 is 26.2 Å². The first kappa shape index (κ1) is 12.8. The van der Waals surface area contributed by atoms with E-state index >= 15 is 0 Å². The van der Waals surface area contributed by atoms with E-state index in [1.165, 1.54) is 19.1 Å². The first-order valence-corrected chi connectivity index (χ1v) is 7.42. The van der Waals surface area contributed by atoms with Gasteiger partial charge in [0.05, 0.1) is 4.90 Å². The van der Waals surface area contributed by atoms with Gasteiger partial charge in [0.1, 0.15) is 0 Å². The molecule has 0 spiro atoms. The maximum absolute atomic E-state index is 11.4. The summed E-state index contributed by atoms with van der Waals surface area (Å²) in [6, 6.07) is 3.62. The van der Waals surface area contributed by atoms with E-state index in [4.69, 9.17) is 4.55 Å². The standard InChI is InChI=1S/C8H8O6S2/c1-6-2-3-7(5-9)8(4-6)15(10,11)16(12,13)14/h2-5H,1H3,(H,12,13,14). The molecule has 8 heteroatoms. The Kier molecular flexibility index (Phi) is 3.17. The van der Waals surface area contributed by atoms with Crippen molar-refractivity contribution in [2.75, 3.05) is 0 Å². The third kappa shape index (κ3) is 2.13. The minimum Gasteiger partial charge on any atom is -0.298 e. The molecule has 16 heavy (non-hydrogen) atoms. The Morgan fingerprint density at radius 2 is 1.75 bits per heavy atom. The maximum Gasteiger partial charge on any atom is 0.377 e. The Labute approximate surface area is 92.0 Å². The lowest BCUT2D eigenvalue weighted by molar-refractivity contribution is 0.112. The zero-order valence-corrected chi connectivity index (χ0v) is 9.75. The molecule has 1 aromatic carbocycles. The van der Waals surface area contributed by atoms with E-state index in [2.05, 4.69) is 0 Å². The van der Waals surface area contributed by atoms with Crippen LogP contribution in [0.15, 0.2) is 23.1 Å². The van der Waals surface area contributed by atoms with Crippen LogP contribution in [-0.4, -0.2) is 27.7 Å². The predicted octanol–water partition coefficient (Wildman–Crippen LogP) is 0.384. The number of rotatable bonds is 3. The summed E-state index contributed by atoms with van der Waals surface area (Å²) in [5.41, 5.74) is 0.135. The molecule has 1 aromatic rings. The lowest BCUT2D eigenvalue weighted by Crippen LogP contribution is -2.16. The van der Waals surface area contributed by atoms with E-state index in [0.717, 1.165) is 6.07 Å². The molecule has 0 unspecified atom stereocenters. The first-order chi connectivity index (χ1) is 7.20. The smallest absolute Gasteiger partial charge is 0.298 e. The molecule has 0 heterocycles. The van der Waals surface area contributed by atoms with E-state index in [0.29, 0.717) is 5.56 Å². The minimum atomic E-state index is -5.29. The Morgan fingerprint density at radius 3 is 2.19 bits per heavy atom. The van der Waals surface area contributed by atoms with Crippen LogP contribution < -0.4 is 0 Å². The van der Waals surface area contributed by atoms with E-state index in [1.54, 1.807) is 0 Å². The van der Waals surface area contributed by atoms with Crippen molar-refractivity contribution in [3.05, 3.63) is 29.3 Å². The van der Waals surface area contributed by atoms with Crippen LogP contribution in [0.2, 0.25) is 0 Å². The topological polar surface area (TPSA) is 106 Å². The number of hydrogen-bond acceptors (Lipinski definition) is 5. The molecule has 1 N–H and O–H groups in total. The third-order valence-corrected chi connectivity index (χ3v) is 5.49. The van der Waals surface area contributed by atoms with Gasteiger partial charge in [0.2, 0.25) is 0 Å². The van der Waals surface area contributed by atoms with Crippen LogP contribution in [0, 0.1) is 6.92 Å². The number of carbonyl (C=O) groups excluding carboxylic acids is 1. The molecule has 0 amide bonds. The Bertz CT molecular complexity index is 626. The normalized spacial score (nSPS) is 12.4. The van der Waals surface area contributed by atoms with Gasteiger partial charge in [0.15, 0.2) is 6.29 Å². The average molecular weight is 264 g/mol. The van der Waals surface area contributed by atoms with Gasteiger partial charge in [-0.3, -0.25) is 9.35 Å². The van der Waals surface area contributed by atoms with Crippen molar-refractivity contribution in [1.29, 1.82) is 0 Å². The molecular formula is C8H8O6S2. The summed E-state index contributed by atoms with van der Waals surface area (Å²) in [5.74, 6) is 0. The van der Waals surface area contributed by atoms with Crippen molar-refractivity contribution in [2.45, 2.75) is 11.8 Å². The summed E-state index contributed by atoms with van der Waals surface area (Å²) in [6.45, 7) is 1.53. The molecule has 0 fully saturated rings. The summed E-state index contributed by atoms with van der Waals surface area (Å²) in [7, 11) is -10.2. The second-order valence-corrected chi connectivity index (χ2v) is 7.82. The summed E-state index contributed by atoms with van der Waals surface area (Å²) in [6.07, 6.45) is 0.206. The van der Waals surface area contributed by atoms with Gasteiger partial charge in [0.25, 0.3) is 0 Å². The molecule has 88 valence electrons. The van der Waals surface area contributed by atoms with Gasteiger partial charge >= 0.3 is 18.0 Å². The Morgan fingerprint density at radius 1 is 1.19 bits per heavy atom. The molecule has 0 aromatic heterocycles. The molecule has 0 aliphatic carbocycles. The van der Waals surface area contributed by atoms with Crippen LogP contribution in [-0.2, 0) is 18.0 Å². The molecule has 6 nitrogen and oxygen atoms in total. The summed E-state index contributed by atoms with van der Waals surface area (Å²) >= 11 is 0. The molecule has 0 atom stereocenters. The van der Waals surface area contributed by atoms with Crippen LogP contribution in [0.3, 0.4) is 0 Å². The highest BCUT2D eigenvalue weighted by atomic mass is 33.2. The van der Waals surface area contributed by atoms with E-state index < -0.39 is 22.9 Å². The third-order valence-electron chi connectivity index (χ3n) is 1.84. The lowest BCUT2D eigenvalue weighted by atomic mass is 10.2. The fourth-order valence-corrected chi connectivity index (χ4v) is 3.14. The number of carbonyl (C=O) groups is 1. The monoisotopic (exact) mass is 264 g/mol. The van der Waals surface area contributed by atoms with Crippen molar-refractivity contribution in [3.63, 3.8) is 0 Å². The largest absolute Gasteiger partial charge is 0.377 e. The number of benzene rings is 1. The van der Waals surface area contributed by atoms with E-state index in [9.17, 15) is 21.6 Å². The van der Waals surface area contributed by atoms with Gasteiger partial charge in [-0.1, -0.05) is 12.1 Å². The van der Waals surface area contributed by atoms with Crippen molar-refractivity contribution >= 4 is 24.3 Å². The quantitative estimate of drug-likeness (QED) is 0.480. The van der Waals surface area contributed by atoms with Gasteiger partial charge in [-0.15, -0.1) is 0 Å². The molecule has 0 radical (unpaired) electrons.